The minimum Gasteiger partial charge on any atom is -0.361 e. The first-order valence-corrected chi connectivity index (χ1v) is 9.36. The molecule has 0 bridgehead atoms. The van der Waals surface area contributed by atoms with Crippen molar-refractivity contribution in [1.29, 1.82) is 0 Å². The van der Waals surface area contributed by atoms with Crippen LogP contribution in [0.15, 0.2) is 30.5 Å². The molecule has 6 nitrogen and oxygen atoms in total. The maximum Gasteiger partial charge on any atom is 0.227 e. The lowest BCUT2D eigenvalue weighted by Gasteiger charge is -2.41. The molecule has 1 aliphatic heterocycles. The first kappa shape index (κ1) is 15.6. The number of aryl methyl sites for hydroxylation is 1. The molecule has 1 unspecified atom stereocenters. The molecule has 26 heavy (non-hydrogen) atoms. The number of hydrogen-bond acceptors (Lipinski definition) is 3. The molecule has 134 valence electrons. The van der Waals surface area contributed by atoms with Crippen molar-refractivity contribution in [1.82, 2.24) is 25.1 Å². The predicted octanol–water partition coefficient (Wildman–Crippen LogP) is 2.93. The largest absolute Gasteiger partial charge is 0.361 e. The van der Waals surface area contributed by atoms with Gasteiger partial charge in [0.2, 0.25) is 5.91 Å². The van der Waals surface area contributed by atoms with Gasteiger partial charge in [0, 0.05) is 36.1 Å². The number of hydrogen-bond donors (Lipinski definition) is 2. The molecule has 1 aromatic carbocycles. The normalized spacial score (nSPS) is 21.4. The number of amides is 1. The number of benzene rings is 1. The number of fused-ring (bicyclic) bond motifs is 1. The van der Waals surface area contributed by atoms with Gasteiger partial charge in [0.25, 0.3) is 0 Å². The molecule has 1 atom stereocenters. The molecule has 2 aromatic heterocycles. The average molecular weight is 349 g/mol. The molecule has 2 fully saturated rings. The monoisotopic (exact) mass is 349 g/mol. The fourth-order valence-corrected chi connectivity index (χ4v) is 4.72. The topological polar surface area (TPSA) is 77.7 Å². The lowest BCUT2D eigenvalue weighted by atomic mass is 9.62. The van der Waals surface area contributed by atoms with Gasteiger partial charge in [-0.2, -0.15) is 5.10 Å². The van der Waals surface area contributed by atoms with E-state index in [0.717, 1.165) is 41.2 Å². The summed E-state index contributed by atoms with van der Waals surface area (Å²) in [5, 5.41) is 8.51. The van der Waals surface area contributed by atoms with Crippen molar-refractivity contribution in [2.75, 3.05) is 13.1 Å². The molecular weight excluding hydrogens is 326 g/mol. The van der Waals surface area contributed by atoms with E-state index in [2.05, 4.69) is 26.2 Å². The van der Waals surface area contributed by atoms with Crippen LogP contribution in [-0.2, 0) is 11.2 Å². The zero-order valence-electron chi connectivity index (χ0n) is 15.0. The van der Waals surface area contributed by atoms with Crippen LogP contribution in [0, 0.1) is 12.3 Å². The predicted molar refractivity (Wildman–Crippen MR) is 98.7 cm³/mol. The number of carbonyl (C=O) groups excluding carboxylic acids is 1. The van der Waals surface area contributed by atoms with E-state index in [9.17, 15) is 4.79 Å². The molecule has 6 heteroatoms. The van der Waals surface area contributed by atoms with Crippen LogP contribution in [0.5, 0.6) is 0 Å². The van der Waals surface area contributed by atoms with Crippen LogP contribution in [0.1, 0.15) is 42.4 Å². The number of carbonyl (C=O) groups is 1. The summed E-state index contributed by atoms with van der Waals surface area (Å²) >= 11 is 0. The maximum atomic E-state index is 13.0. The van der Waals surface area contributed by atoms with Crippen LogP contribution in [0.2, 0.25) is 0 Å². The Hall–Kier alpha value is -2.63. The van der Waals surface area contributed by atoms with E-state index < -0.39 is 0 Å². The third-order valence-corrected chi connectivity index (χ3v) is 6.29. The van der Waals surface area contributed by atoms with Gasteiger partial charge in [-0.1, -0.05) is 24.6 Å². The van der Waals surface area contributed by atoms with E-state index in [1.54, 1.807) is 0 Å². The number of aromatic amines is 2. The first-order chi connectivity index (χ1) is 12.6. The van der Waals surface area contributed by atoms with Crippen LogP contribution in [0.25, 0.3) is 10.9 Å². The summed E-state index contributed by atoms with van der Waals surface area (Å²) in [5.74, 6) is 2.19. The van der Waals surface area contributed by atoms with E-state index in [1.165, 1.54) is 19.3 Å². The summed E-state index contributed by atoms with van der Waals surface area (Å²) < 4.78 is 0. The highest BCUT2D eigenvalue weighted by atomic mass is 16.2. The Morgan fingerprint density at radius 3 is 2.92 bits per heavy atom. The summed E-state index contributed by atoms with van der Waals surface area (Å²) in [6.45, 7) is 3.50. The highest BCUT2D eigenvalue weighted by Crippen LogP contribution is 2.55. The highest BCUT2D eigenvalue weighted by Gasteiger charge is 2.53. The van der Waals surface area contributed by atoms with Gasteiger partial charge in [-0.15, -0.1) is 0 Å². The molecule has 2 N–H and O–H groups in total. The molecule has 0 radical (unpaired) electrons. The van der Waals surface area contributed by atoms with Crippen LogP contribution in [-0.4, -0.2) is 44.1 Å². The smallest absolute Gasteiger partial charge is 0.227 e. The van der Waals surface area contributed by atoms with Crippen molar-refractivity contribution in [3.63, 3.8) is 0 Å². The lowest BCUT2D eigenvalue weighted by Crippen LogP contribution is -2.38. The zero-order valence-corrected chi connectivity index (χ0v) is 15.0. The summed E-state index contributed by atoms with van der Waals surface area (Å²) in [6.07, 6.45) is 5.99. The number of nitrogens with one attached hydrogen (secondary N) is 2. The van der Waals surface area contributed by atoms with Gasteiger partial charge >= 0.3 is 0 Å². The van der Waals surface area contributed by atoms with Gasteiger partial charge in [-0.25, -0.2) is 4.98 Å². The van der Waals surface area contributed by atoms with Crippen molar-refractivity contribution < 1.29 is 4.79 Å². The second-order valence-corrected chi connectivity index (χ2v) is 7.86. The summed E-state index contributed by atoms with van der Waals surface area (Å²) in [4.78, 5) is 22.9. The molecule has 1 aliphatic carbocycles. The molecule has 5 rings (SSSR count). The second kappa shape index (κ2) is 5.69. The molecule has 3 heterocycles. The minimum absolute atomic E-state index is 0.185. The molecule has 3 aromatic rings. The quantitative estimate of drug-likeness (QED) is 0.763. The Kier molecular flexibility index (Phi) is 3.42. The standard InChI is InChI=1S/C20H23N5O/c1-13-22-19(24-23-13)16-11-25(12-20(16)7-4-8-20)18(26)9-14-10-21-17-6-3-2-5-15(14)17/h2-3,5-6,10,16,21H,4,7-9,11-12H2,1H3,(H,22,23,24). The molecule has 1 saturated heterocycles. The Labute approximate surface area is 152 Å². The van der Waals surface area contributed by atoms with Crippen LogP contribution < -0.4 is 0 Å². The lowest BCUT2D eigenvalue weighted by molar-refractivity contribution is -0.130. The van der Waals surface area contributed by atoms with Gasteiger partial charge in [-0.3, -0.25) is 9.89 Å². The van der Waals surface area contributed by atoms with E-state index in [0.29, 0.717) is 6.42 Å². The van der Waals surface area contributed by atoms with E-state index >= 15 is 0 Å². The summed E-state index contributed by atoms with van der Waals surface area (Å²) in [6, 6.07) is 8.15. The van der Waals surface area contributed by atoms with Gasteiger partial charge in [0.1, 0.15) is 5.82 Å². The molecule has 2 aliphatic rings. The van der Waals surface area contributed by atoms with Crippen molar-refractivity contribution in [3.8, 4) is 0 Å². The fraction of sp³-hybridized carbons (Fsp3) is 0.450. The van der Waals surface area contributed by atoms with Crippen LogP contribution in [0.4, 0.5) is 0 Å². The summed E-state index contributed by atoms with van der Waals surface area (Å²) in [5.41, 5.74) is 2.34. The number of nitrogens with zero attached hydrogens (tertiary/aromatic N) is 3. The molecule has 1 amide bonds. The van der Waals surface area contributed by atoms with Gasteiger partial charge in [-0.05, 0) is 36.8 Å². The molecule has 1 saturated carbocycles. The number of H-pyrrole nitrogens is 2. The van der Waals surface area contributed by atoms with Crippen LogP contribution >= 0.6 is 0 Å². The Bertz CT molecular complexity index is 967. The molecule has 1 spiro atoms. The minimum atomic E-state index is 0.185. The van der Waals surface area contributed by atoms with Crippen molar-refractivity contribution >= 4 is 16.8 Å². The number of aromatic nitrogens is 4. The van der Waals surface area contributed by atoms with Crippen LogP contribution in [0.3, 0.4) is 0 Å². The van der Waals surface area contributed by atoms with Crippen molar-refractivity contribution in [2.45, 2.75) is 38.5 Å². The van der Waals surface area contributed by atoms with Gasteiger partial charge in [0.05, 0.1) is 6.42 Å². The van der Waals surface area contributed by atoms with Crippen molar-refractivity contribution in [3.05, 3.63) is 47.7 Å². The maximum absolute atomic E-state index is 13.0. The Morgan fingerprint density at radius 2 is 2.19 bits per heavy atom. The number of para-hydroxylation sites is 1. The Balaban J connectivity index is 1.38. The van der Waals surface area contributed by atoms with E-state index in [1.807, 2.05) is 36.2 Å². The first-order valence-electron chi connectivity index (χ1n) is 9.36. The average Bonchev–Trinajstić information content (AvgIpc) is 3.31. The zero-order chi connectivity index (χ0) is 17.7. The van der Waals surface area contributed by atoms with Gasteiger partial charge in [0.15, 0.2) is 5.82 Å². The third kappa shape index (κ3) is 2.35. The molecular formula is C20H23N5O. The second-order valence-electron chi connectivity index (χ2n) is 7.86. The fourth-order valence-electron chi connectivity index (χ4n) is 4.72. The van der Waals surface area contributed by atoms with E-state index in [4.69, 9.17) is 0 Å². The number of rotatable bonds is 3. The SMILES string of the molecule is Cc1nc(C2CN(C(=O)Cc3c[nH]c4ccccc34)CC23CCC3)n[nH]1. The van der Waals surface area contributed by atoms with Crippen molar-refractivity contribution in [2.24, 2.45) is 5.41 Å². The highest BCUT2D eigenvalue weighted by molar-refractivity contribution is 5.89. The van der Waals surface area contributed by atoms with E-state index in [-0.39, 0.29) is 17.2 Å². The third-order valence-electron chi connectivity index (χ3n) is 6.29. The van der Waals surface area contributed by atoms with Gasteiger partial charge < -0.3 is 9.88 Å². The number of likely N-dealkylation sites (tertiary alicyclic amines) is 1. The Morgan fingerprint density at radius 1 is 1.35 bits per heavy atom. The summed E-state index contributed by atoms with van der Waals surface area (Å²) in [7, 11) is 0.